The summed E-state index contributed by atoms with van der Waals surface area (Å²) in [5.74, 6) is 0. The molecule has 0 atom stereocenters. The van der Waals surface area contributed by atoms with E-state index in [1.54, 1.807) is 0 Å². The van der Waals surface area contributed by atoms with Gasteiger partial charge in [-0.3, -0.25) is 0 Å². The summed E-state index contributed by atoms with van der Waals surface area (Å²) in [5.41, 5.74) is 1.39. The fourth-order valence-electron chi connectivity index (χ4n) is 3.38. The molecule has 0 bridgehead atoms. The molecule has 142 valence electrons. The molecule has 0 amide bonds. The van der Waals surface area contributed by atoms with E-state index in [-0.39, 0.29) is 12.4 Å². The lowest BCUT2D eigenvalue weighted by Crippen LogP contribution is -2.25. The fourth-order valence-corrected chi connectivity index (χ4v) is 3.38. The summed E-state index contributed by atoms with van der Waals surface area (Å²) in [6, 6.07) is 10.7. The molecule has 25 heavy (non-hydrogen) atoms. The van der Waals surface area contributed by atoms with Crippen LogP contribution in [0.5, 0.6) is 0 Å². The summed E-state index contributed by atoms with van der Waals surface area (Å²) >= 11 is 0. The summed E-state index contributed by atoms with van der Waals surface area (Å²) in [6.07, 6.45) is 18.6. The topological polar surface area (TPSA) is 6.48 Å². The van der Waals surface area contributed by atoms with Gasteiger partial charge in [-0.05, 0) is 12.0 Å². The number of nitrogens with zero attached hydrogens (tertiary/aromatic N) is 2. The zero-order chi connectivity index (χ0) is 16.9. The van der Waals surface area contributed by atoms with E-state index in [1.165, 1.54) is 76.3 Å². The average Bonchev–Trinajstić information content (AvgIpc) is 3.05. The molecule has 0 aromatic heterocycles. The van der Waals surface area contributed by atoms with Crippen LogP contribution in [-0.4, -0.2) is 23.0 Å². The monoisotopic (exact) mass is 364 g/mol. The van der Waals surface area contributed by atoms with Gasteiger partial charge in [0.25, 0.3) is 0 Å². The van der Waals surface area contributed by atoms with Crippen molar-refractivity contribution in [3.63, 3.8) is 0 Å². The van der Waals surface area contributed by atoms with Crippen molar-refractivity contribution in [3.8, 4) is 0 Å². The van der Waals surface area contributed by atoms with E-state index >= 15 is 0 Å². The molecular weight excluding hydrogens is 328 g/mol. The number of hydrogen-bond acceptors (Lipinski definition) is 2. The molecule has 2 rings (SSSR count). The Morgan fingerprint density at radius 2 is 1.28 bits per heavy atom. The van der Waals surface area contributed by atoms with Crippen molar-refractivity contribution in [2.24, 2.45) is 0 Å². The van der Waals surface area contributed by atoms with Gasteiger partial charge in [0, 0.05) is 25.5 Å². The predicted octanol–water partition coefficient (Wildman–Crippen LogP) is 6.58. The Kier molecular flexibility index (Phi) is 12.3. The Morgan fingerprint density at radius 3 is 1.92 bits per heavy atom. The lowest BCUT2D eigenvalue weighted by molar-refractivity contribution is 0.256. The van der Waals surface area contributed by atoms with E-state index in [0.717, 1.165) is 13.2 Å². The summed E-state index contributed by atoms with van der Waals surface area (Å²) in [7, 11) is 0. The summed E-state index contributed by atoms with van der Waals surface area (Å²) in [6.45, 7) is 5.56. The molecule has 0 radical (unpaired) electrons. The Morgan fingerprint density at radius 1 is 0.720 bits per heavy atom. The van der Waals surface area contributed by atoms with Crippen LogP contribution in [-0.2, 0) is 6.54 Å². The molecule has 0 unspecified atom stereocenters. The van der Waals surface area contributed by atoms with Crippen molar-refractivity contribution in [3.05, 3.63) is 48.3 Å². The molecule has 1 aromatic rings. The van der Waals surface area contributed by atoms with E-state index in [9.17, 15) is 0 Å². The highest BCUT2D eigenvalue weighted by atomic mass is 35.5. The number of rotatable bonds is 13. The zero-order valence-electron chi connectivity index (χ0n) is 16.0. The minimum absolute atomic E-state index is 0. The van der Waals surface area contributed by atoms with Gasteiger partial charge in [0.2, 0.25) is 0 Å². The maximum atomic E-state index is 2.45. The lowest BCUT2D eigenvalue weighted by atomic mass is 10.1. The second-order valence-electron chi connectivity index (χ2n) is 7.17. The first-order valence-electron chi connectivity index (χ1n) is 10.1. The van der Waals surface area contributed by atoms with Crippen molar-refractivity contribution in [2.45, 2.75) is 77.7 Å². The van der Waals surface area contributed by atoms with Gasteiger partial charge in [-0.1, -0.05) is 95.0 Å². The van der Waals surface area contributed by atoms with Crippen LogP contribution in [0.3, 0.4) is 0 Å². The molecule has 1 aromatic carbocycles. The quantitative estimate of drug-likeness (QED) is 0.365. The summed E-state index contributed by atoms with van der Waals surface area (Å²) in [4.78, 5) is 4.85. The van der Waals surface area contributed by atoms with Crippen molar-refractivity contribution < 1.29 is 0 Å². The molecule has 0 fully saturated rings. The minimum atomic E-state index is 0. The molecule has 0 spiro atoms. The number of benzene rings is 1. The third-order valence-electron chi connectivity index (χ3n) is 4.88. The first kappa shape index (κ1) is 21.9. The lowest BCUT2D eigenvalue weighted by Gasteiger charge is -2.21. The third kappa shape index (κ3) is 9.79. The zero-order valence-corrected chi connectivity index (χ0v) is 16.9. The van der Waals surface area contributed by atoms with E-state index in [0.29, 0.717) is 0 Å². The molecule has 0 saturated carbocycles. The summed E-state index contributed by atoms with van der Waals surface area (Å²) < 4.78 is 0. The second-order valence-corrected chi connectivity index (χ2v) is 7.17. The molecule has 1 aliphatic rings. The third-order valence-corrected chi connectivity index (χ3v) is 4.88. The van der Waals surface area contributed by atoms with Gasteiger partial charge in [-0.25, -0.2) is 0 Å². The predicted molar refractivity (Wildman–Crippen MR) is 112 cm³/mol. The van der Waals surface area contributed by atoms with Crippen molar-refractivity contribution >= 4 is 12.4 Å². The first-order chi connectivity index (χ1) is 11.9. The Bertz CT molecular complexity index is 447. The van der Waals surface area contributed by atoms with Crippen molar-refractivity contribution in [1.29, 1.82) is 0 Å². The number of hydrogen-bond donors (Lipinski definition) is 0. The largest absolute Gasteiger partial charge is 0.359 e. The molecule has 0 N–H and O–H groups in total. The second kappa shape index (κ2) is 14.1. The normalized spacial score (nSPS) is 13.3. The molecule has 1 heterocycles. The van der Waals surface area contributed by atoms with E-state index in [4.69, 9.17) is 0 Å². The highest BCUT2D eigenvalue weighted by Gasteiger charge is 2.11. The Hall–Kier alpha value is -1.15. The maximum Gasteiger partial charge on any atom is 0.0897 e. The van der Waals surface area contributed by atoms with Gasteiger partial charge in [0.1, 0.15) is 0 Å². The smallest absolute Gasteiger partial charge is 0.0897 e. The van der Waals surface area contributed by atoms with Gasteiger partial charge < -0.3 is 9.80 Å². The van der Waals surface area contributed by atoms with E-state index in [1.807, 2.05) is 0 Å². The van der Waals surface area contributed by atoms with Crippen LogP contribution >= 0.6 is 12.4 Å². The van der Waals surface area contributed by atoms with Gasteiger partial charge >= 0.3 is 0 Å². The Balaban J connectivity index is 0.00000312. The number of unbranched alkanes of at least 4 members (excludes halogenated alkanes) is 9. The van der Waals surface area contributed by atoms with Crippen LogP contribution in [0.4, 0.5) is 0 Å². The van der Waals surface area contributed by atoms with Gasteiger partial charge in [-0.2, -0.15) is 0 Å². The molecule has 1 aliphatic heterocycles. The van der Waals surface area contributed by atoms with Gasteiger partial charge in [-0.15, -0.1) is 12.4 Å². The average molecular weight is 365 g/mol. The van der Waals surface area contributed by atoms with E-state index < -0.39 is 0 Å². The van der Waals surface area contributed by atoms with E-state index in [2.05, 4.69) is 59.5 Å². The van der Waals surface area contributed by atoms with Crippen LogP contribution < -0.4 is 0 Å². The first-order valence-corrected chi connectivity index (χ1v) is 10.1. The highest BCUT2D eigenvalue weighted by Crippen LogP contribution is 2.14. The minimum Gasteiger partial charge on any atom is -0.359 e. The molecule has 2 nitrogen and oxygen atoms in total. The van der Waals surface area contributed by atoms with Gasteiger partial charge in [0.15, 0.2) is 0 Å². The maximum absolute atomic E-state index is 2.45. The van der Waals surface area contributed by atoms with Crippen LogP contribution in [0.25, 0.3) is 0 Å². The molecular formula is C22H37ClN2. The SMILES string of the molecule is CCCCCCCCCCCCN1C=CN(Cc2ccccc2)C1.Cl. The van der Waals surface area contributed by atoms with Crippen LogP contribution in [0.2, 0.25) is 0 Å². The van der Waals surface area contributed by atoms with Crippen molar-refractivity contribution in [2.75, 3.05) is 13.2 Å². The van der Waals surface area contributed by atoms with Gasteiger partial charge in [0.05, 0.1) is 6.67 Å². The standard InChI is InChI=1S/C22H36N2.ClH/c1-2-3-4-5-6-7-8-9-10-14-17-23-18-19-24(21-23)20-22-15-12-11-13-16-22;/h11-13,15-16,18-19H,2-10,14,17,20-21H2,1H3;1H. The molecule has 0 saturated heterocycles. The van der Waals surface area contributed by atoms with Crippen LogP contribution in [0, 0.1) is 0 Å². The van der Waals surface area contributed by atoms with Crippen LogP contribution in [0.1, 0.15) is 76.7 Å². The molecule has 3 heteroatoms. The summed E-state index contributed by atoms with van der Waals surface area (Å²) in [5, 5.41) is 0. The highest BCUT2D eigenvalue weighted by molar-refractivity contribution is 5.85. The molecule has 0 aliphatic carbocycles. The fraction of sp³-hybridized carbons (Fsp3) is 0.636. The van der Waals surface area contributed by atoms with Crippen LogP contribution in [0.15, 0.2) is 42.7 Å². The number of halogens is 1. The Labute approximate surface area is 161 Å². The van der Waals surface area contributed by atoms with Crippen molar-refractivity contribution in [1.82, 2.24) is 9.80 Å².